The highest BCUT2D eigenvalue weighted by Crippen LogP contribution is 2.23. The number of hydrogen-bond acceptors (Lipinski definition) is 7. The third kappa shape index (κ3) is 3.96. The van der Waals surface area contributed by atoms with Gasteiger partial charge in [0, 0.05) is 37.3 Å². The van der Waals surface area contributed by atoms with E-state index in [0.29, 0.717) is 17.0 Å². The zero-order valence-electron chi connectivity index (χ0n) is 15.2. The summed E-state index contributed by atoms with van der Waals surface area (Å²) in [7, 11) is 0. The van der Waals surface area contributed by atoms with Crippen LogP contribution in [0.2, 0.25) is 0 Å². The van der Waals surface area contributed by atoms with Gasteiger partial charge in [-0.1, -0.05) is 18.2 Å². The Morgan fingerprint density at radius 1 is 1.30 bits per heavy atom. The average molecular weight is 366 g/mol. The highest BCUT2D eigenvalue weighted by atomic mass is 16.5. The fraction of sp³-hybridized carbons (Fsp3) is 0.368. The summed E-state index contributed by atoms with van der Waals surface area (Å²) in [5.74, 6) is 1.43. The van der Waals surface area contributed by atoms with Crippen LogP contribution in [0.25, 0.3) is 22.6 Å². The first-order valence-corrected chi connectivity index (χ1v) is 9.07. The molecule has 27 heavy (non-hydrogen) atoms. The van der Waals surface area contributed by atoms with E-state index in [1.807, 2.05) is 18.2 Å². The number of aromatic amines is 1. The SMILES string of the molecule is CC(=O)c1cccc(-c2nc3ncnc(NCCN4CCOCC4)c3[nH]2)c1. The molecule has 0 aliphatic carbocycles. The van der Waals surface area contributed by atoms with Gasteiger partial charge in [0.2, 0.25) is 0 Å². The van der Waals surface area contributed by atoms with Crippen molar-refractivity contribution in [3.8, 4) is 11.4 Å². The van der Waals surface area contributed by atoms with Crippen molar-refractivity contribution in [2.45, 2.75) is 6.92 Å². The Hall–Kier alpha value is -2.84. The van der Waals surface area contributed by atoms with E-state index >= 15 is 0 Å². The lowest BCUT2D eigenvalue weighted by Crippen LogP contribution is -2.39. The van der Waals surface area contributed by atoms with Crippen LogP contribution in [0.3, 0.4) is 0 Å². The molecular formula is C19H22N6O2. The minimum atomic E-state index is 0.0261. The molecule has 0 radical (unpaired) electrons. The van der Waals surface area contributed by atoms with Gasteiger partial charge in [0.25, 0.3) is 0 Å². The van der Waals surface area contributed by atoms with Crippen molar-refractivity contribution in [1.82, 2.24) is 24.8 Å². The molecule has 1 fully saturated rings. The maximum atomic E-state index is 11.6. The van der Waals surface area contributed by atoms with E-state index in [0.717, 1.165) is 56.3 Å². The lowest BCUT2D eigenvalue weighted by molar-refractivity contribution is 0.0398. The zero-order chi connectivity index (χ0) is 18.6. The Labute approximate surface area is 157 Å². The summed E-state index contributed by atoms with van der Waals surface area (Å²) >= 11 is 0. The monoisotopic (exact) mass is 366 g/mol. The van der Waals surface area contributed by atoms with Gasteiger partial charge in [-0.05, 0) is 13.0 Å². The van der Waals surface area contributed by atoms with Gasteiger partial charge in [0.1, 0.15) is 17.7 Å². The van der Waals surface area contributed by atoms with Crippen LogP contribution < -0.4 is 5.32 Å². The van der Waals surface area contributed by atoms with Crippen LogP contribution in [0.1, 0.15) is 17.3 Å². The molecule has 0 spiro atoms. The largest absolute Gasteiger partial charge is 0.379 e. The zero-order valence-corrected chi connectivity index (χ0v) is 15.2. The predicted molar refractivity (Wildman–Crippen MR) is 103 cm³/mol. The summed E-state index contributed by atoms with van der Waals surface area (Å²) < 4.78 is 5.37. The number of carbonyl (C=O) groups is 1. The molecule has 2 N–H and O–H groups in total. The van der Waals surface area contributed by atoms with Gasteiger partial charge in [0.15, 0.2) is 17.2 Å². The fourth-order valence-electron chi connectivity index (χ4n) is 3.14. The molecule has 2 aromatic heterocycles. The molecule has 1 aliphatic heterocycles. The molecule has 8 heteroatoms. The number of nitrogens with zero attached hydrogens (tertiary/aromatic N) is 4. The number of benzene rings is 1. The second kappa shape index (κ2) is 7.81. The Balaban J connectivity index is 1.53. The van der Waals surface area contributed by atoms with Crippen LogP contribution in [0.5, 0.6) is 0 Å². The molecule has 4 rings (SSSR count). The van der Waals surface area contributed by atoms with Crippen molar-refractivity contribution in [3.63, 3.8) is 0 Å². The third-order valence-electron chi connectivity index (χ3n) is 4.66. The number of aromatic nitrogens is 4. The minimum Gasteiger partial charge on any atom is -0.379 e. The van der Waals surface area contributed by atoms with Crippen LogP contribution in [-0.2, 0) is 4.74 Å². The van der Waals surface area contributed by atoms with Gasteiger partial charge in [-0.15, -0.1) is 0 Å². The maximum Gasteiger partial charge on any atom is 0.183 e. The maximum absolute atomic E-state index is 11.6. The second-order valence-electron chi connectivity index (χ2n) is 6.52. The number of nitrogens with one attached hydrogen (secondary N) is 2. The molecule has 8 nitrogen and oxygen atoms in total. The molecule has 0 unspecified atom stereocenters. The Morgan fingerprint density at radius 2 is 2.15 bits per heavy atom. The van der Waals surface area contributed by atoms with E-state index in [1.54, 1.807) is 13.0 Å². The van der Waals surface area contributed by atoms with Crippen molar-refractivity contribution >= 4 is 22.8 Å². The van der Waals surface area contributed by atoms with Crippen molar-refractivity contribution in [1.29, 1.82) is 0 Å². The summed E-state index contributed by atoms with van der Waals surface area (Å²) in [6, 6.07) is 7.40. The van der Waals surface area contributed by atoms with Crippen molar-refractivity contribution in [3.05, 3.63) is 36.2 Å². The molecular weight excluding hydrogens is 344 g/mol. The smallest absolute Gasteiger partial charge is 0.183 e. The number of fused-ring (bicyclic) bond motifs is 1. The summed E-state index contributed by atoms with van der Waals surface area (Å²) in [6.45, 7) is 6.77. The molecule has 0 amide bonds. The molecule has 0 atom stereocenters. The Kier molecular flexibility index (Phi) is 5.08. The summed E-state index contributed by atoms with van der Waals surface area (Å²) in [4.78, 5) is 30.4. The molecule has 1 aromatic carbocycles. The fourth-order valence-corrected chi connectivity index (χ4v) is 3.14. The van der Waals surface area contributed by atoms with Gasteiger partial charge in [-0.2, -0.15) is 0 Å². The van der Waals surface area contributed by atoms with Gasteiger partial charge in [-0.3, -0.25) is 9.69 Å². The molecule has 0 bridgehead atoms. The van der Waals surface area contributed by atoms with Crippen molar-refractivity contribution in [2.75, 3.05) is 44.7 Å². The Morgan fingerprint density at radius 3 is 2.96 bits per heavy atom. The van der Waals surface area contributed by atoms with E-state index < -0.39 is 0 Å². The topological polar surface area (TPSA) is 96.0 Å². The number of ether oxygens (including phenoxy) is 1. The summed E-state index contributed by atoms with van der Waals surface area (Å²) in [6.07, 6.45) is 1.51. The van der Waals surface area contributed by atoms with Crippen LogP contribution in [0.4, 0.5) is 5.82 Å². The first-order chi connectivity index (χ1) is 13.2. The number of imidazole rings is 1. The second-order valence-corrected chi connectivity index (χ2v) is 6.52. The number of ketones is 1. The standard InChI is InChI=1S/C19H22N6O2/c1-13(26)14-3-2-4-15(11-14)17-23-16-18(21-12-22-19(16)24-17)20-5-6-25-7-9-27-10-8-25/h2-4,11-12H,5-10H2,1H3,(H2,20,21,22,23,24). The minimum absolute atomic E-state index is 0.0261. The van der Waals surface area contributed by atoms with Gasteiger partial charge < -0.3 is 15.0 Å². The average Bonchev–Trinajstić information content (AvgIpc) is 3.14. The van der Waals surface area contributed by atoms with Gasteiger partial charge >= 0.3 is 0 Å². The predicted octanol–water partition coefficient (Wildman–Crippen LogP) is 1.97. The van der Waals surface area contributed by atoms with E-state index in [4.69, 9.17) is 4.74 Å². The number of rotatable bonds is 6. The first-order valence-electron chi connectivity index (χ1n) is 9.07. The van der Waals surface area contributed by atoms with Crippen LogP contribution in [0.15, 0.2) is 30.6 Å². The molecule has 0 saturated carbocycles. The highest BCUT2D eigenvalue weighted by Gasteiger charge is 2.13. The van der Waals surface area contributed by atoms with Gasteiger partial charge in [0.05, 0.1) is 13.2 Å². The lowest BCUT2D eigenvalue weighted by atomic mass is 10.1. The molecule has 140 valence electrons. The molecule has 3 heterocycles. The Bertz CT molecular complexity index is 948. The van der Waals surface area contributed by atoms with Crippen molar-refractivity contribution < 1.29 is 9.53 Å². The number of anilines is 1. The van der Waals surface area contributed by atoms with Crippen LogP contribution in [-0.4, -0.2) is 70.0 Å². The third-order valence-corrected chi connectivity index (χ3v) is 4.66. The van der Waals surface area contributed by atoms with E-state index in [9.17, 15) is 4.79 Å². The molecule has 3 aromatic rings. The summed E-state index contributed by atoms with van der Waals surface area (Å²) in [5.41, 5.74) is 2.87. The number of H-pyrrole nitrogens is 1. The van der Waals surface area contributed by atoms with Crippen molar-refractivity contribution in [2.24, 2.45) is 0 Å². The number of hydrogen-bond donors (Lipinski definition) is 2. The van der Waals surface area contributed by atoms with Gasteiger partial charge in [-0.25, -0.2) is 15.0 Å². The molecule has 1 aliphatic rings. The number of Topliss-reactive ketones (excluding diaryl/α,β-unsaturated/α-hetero) is 1. The quantitative estimate of drug-likeness (QED) is 0.644. The normalized spacial score (nSPS) is 15.1. The van der Waals surface area contributed by atoms with Crippen LogP contribution >= 0.6 is 0 Å². The highest BCUT2D eigenvalue weighted by molar-refractivity contribution is 5.95. The van der Waals surface area contributed by atoms with E-state index in [2.05, 4.69) is 30.2 Å². The molecule has 1 saturated heterocycles. The number of carbonyl (C=O) groups excluding carboxylic acids is 1. The number of morpholine rings is 1. The summed E-state index contributed by atoms with van der Waals surface area (Å²) in [5, 5.41) is 3.37. The van der Waals surface area contributed by atoms with E-state index in [-0.39, 0.29) is 5.78 Å². The first kappa shape index (κ1) is 17.6. The lowest BCUT2D eigenvalue weighted by Gasteiger charge is -2.26. The van der Waals surface area contributed by atoms with E-state index in [1.165, 1.54) is 6.33 Å². The van der Waals surface area contributed by atoms with Crippen LogP contribution in [0, 0.1) is 0 Å².